The fourth-order valence-electron chi connectivity index (χ4n) is 3.65. The maximum atomic E-state index is 14.4. The lowest BCUT2D eigenvalue weighted by atomic mass is 10.0. The number of aryl methyl sites for hydroxylation is 2. The minimum absolute atomic E-state index is 0.216. The molecule has 142 valence electrons. The van der Waals surface area contributed by atoms with Gasteiger partial charge >= 0.3 is 0 Å². The molecule has 0 atom stereocenters. The summed E-state index contributed by atoms with van der Waals surface area (Å²) in [6.45, 7) is 4.00. The lowest BCUT2D eigenvalue weighted by molar-refractivity contribution is 0.630. The van der Waals surface area contributed by atoms with E-state index in [9.17, 15) is 4.39 Å². The Balaban J connectivity index is 1.59. The van der Waals surface area contributed by atoms with Gasteiger partial charge < -0.3 is 4.98 Å². The van der Waals surface area contributed by atoms with E-state index in [-0.39, 0.29) is 5.82 Å². The van der Waals surface area contributed by atoms with Gasteiger partial charge in [-0.3, -0.25) is 4.98 Å². The van der Waals surface area contributed by atoms with E-state index >= 15 is 0 Å². The van der Waals surface area contributed by atoms with E-state index in [0.29, 0.717) is 5.56 Å². The van der Waals surface area contributed by atoms with Crippen LogP contribution >= 0.6 is 11.3 Å². The van der Waals surface area contributed by atoms with E-state index in [1.807, 2.05) is 43.3 Å². The maximum Gasteiger partial charge on any atom is 0.142 e. The third kappa shape index (κ3) is 3.13. The number of rotatable bonds is 3. The van der Waals surface area contributed by atoms with E-state index in [4.69, 9.17) is 4.98 Å². The summed E-state index contributed by atoms with van der Waals surface area (Å²) in [6.07, 6.45) is 1.78. The Morgan fingerprint density at radius 1 is 0.966 bits per heavy atom. The van der Waals surface area contributed by atoms with Crippen molar-refractivity contribution in [2.75, 3.05) is 0 Å². The van der Waals surface area contributed by atoms with Gasteiger partial charge in [0.1, 0.15) is 10.8 Å². The van der Waals surface area contributed by atoms with Crippen LogP contribution in [0.4, 0.5) is 4.39 Å². The molecular formula is C24H18FN3S. The van der Waals surface area contributed by atoms with Crippen LogP contribution in [0.15, 0.2) is 66.9 Å². The van der Waals surface area contributed by atoms with Crippen molar-refractivity contribution in [1.82, 2.24) is 15.0 Å². The zero-order valence-electron chi connectivity index (χ0n) is 16.0. The first-order valence-corrected chi connectivity index (χ1v) is 10.2. The van der Waals surface area contributed by atoms with Crippen molar-refractivity contribution in [3.63, 3.8) is 0 Å². The topological polar surface area (TPSA) is 41.6 Å². The van der Waals surface area contributed by atoms with Crippen molar-refractivity contribution in [3.8, 4) is 33.2 Å². The Kier molecular flexibility index (Phi) is 4.25. The van der Waals surface area contributed by atoms with Crippen LogP contribution in [0, 0.1) is 19.7 Å². The number of pyridine rings is 1. The second-order valence-electron chi connectivity index (χ2n) is 7.06. The molecule has 0 saturated heterocycles. The molecule has 5 heteroatoms. The Morgan fingerprint density at radius 2 is 1.86 bits per heavy atom. The second kappa shape index (κ2) is 6.94. The predicted molar refractivity (Wildman–Crippen MR) is 118 cm³/mol. The summed E-state index contributed by atoms with van der Waals surface area (Å²) in [5.41, 5.74) is 6.18. The standard InChI is InChI=1S/C24H18FN3S/c1-14-6-5-7-18(25)22(14)21-13-17-12-16(9-10-19(17)27-21)23-15(2)29-24(28-23)20-8-3-4-11-26-20/h3-13,27H,1-2H3. The molecule has 0 radical (unpaired) electrons. The number of aromatic amines is 1. The molecule has 5 aromatic rings. The molecule has 0 saturated carbocycles. The van der Waals surface area contributed by atoms with Crippen molar-refractivity contribution in [2.45, 2.75) is 13.8 Å². The summed E-state index contributed by atoms with van der Waals surface area (Å²) in [4.78, 5) is 13.7. The summed E-state index contributed by atoms with van der Waals surface area (Å²) < 4.78 is 14.4. The fourth-order valence-corrected chi connectivity index (χ4v) is 4.56. The highest BCUT2D eigenvalue weighted by atomic mass is 32.1. The van der Waals surface area contributed by atoms with Crippen molar-refractivity contribution >= 4 is 22.2 Å². The number of nitrogens with one attached hydrogen (secondary N) is 1. The molecule has 2 aromatic carbocycles. The quantitative estimate of drug-likeness (QED) is 0.363. The normalized spacial score (nSPS) is 11.3. The third-order valence-corrected chi connectivity index (χ3v) is 6.06. The van der Waals surface area contributed by atoms with Gasteiger partial charge in [0, 0.05) is 38.8 Å². The average molecular weight is 399 g/mol. The van der Waals surface area contributed by atoms with Gasteiger partial charge in [-0.25, -0.2) is 9.37 Å². The first kappa shape index (κ1) is 17.8. The summed E-state index contributed by atoms with van der Waals surface area (Å²) in [5, 5.41) is 1.95. The SMILES string of the molecule is Cc1cccc(F)c1-c1cc2cc(-c3nc(-c4ccccn4)sc3C)ccc2[nH]1. The van der Waals surface area contributed by atoms with Crippen molar-refractivity contribution in [3.05, 3.63) is 83.1 Å². The number of hydrogen-bond acceptors (Lipinski definition) is 3. The van der Waals surface area contributed by atoms with Gasteiger partial charge in [-0.1, -0.05) is 24.3 Å². The Bertz CT molecular complexity index is 1320. The Labute approximate surface area is 171 Å². The number of H-pyrrole nitrogens is 1. The van der Waals surface area contributed by atoms with Gasteiger partial charge in [0.05, 0.1) is 11.4 Å². The molecule has 29 heavy (non-hydrogen) atoms. The van der Waals surface area contributed by atoms with Gasteiger partial charge in [-0.15, -0.1) is 11.3 Å². The number of aromatic nitrogens is 3. The molecule has 0 bridgehead atoms. The van der Waals surface area contributed by atoms with Crippen molar-refractivity contribution < 1.29 is 4.39 Å². The molecule has 0 aliphatic heterocycles. The fraction of sp³-hybridized carbons (Fsp3) is 0.0833. The maximum absolute atomic E-state index is 14.4. The van der Waals surface area contributed by atoms with E-state index in [1.54, 1.807) is 23.6 Å². The van der Waals surface area contributed by atoms with Crippen LogP contribution in [-0.4, -0.2) is 15.0 Å². The van der Waals surface area contributed by atoms with Crippen LogP contribution in [0.25, 0.3) is 44.1 Å². The summed E-state index contributed by atoms with van der Waals surface area (Å²) in [7, 11) is 0. The molecule has 0 aliphatic rings. The molecular weight excluding hydrogens is 381 g/mol. The molecule has 3 heterocycles. The zero-order valence-corrected chi connectivity index (χ0v) is 16.8. The number of benzene rings is 2. The third-order valence-electron chi connectivity index (χ3n) is 5.07. The minimum atomic E-state index is -0.216. The Hall–Kier alpha value is -3.31. The number of thiazole rings is 1. The van der Waals surface area contributed by atoms with Crippen LogP contribution in [0.5, 0.6) is 0 Å². The summed E-state index contributed by atoms with van der Waals surface area (Å²) in [5.74, 6) is -0.216. The smallest absolute Gasteiger partial charge is 0.142 e. The number of fused-ring (bicyclic) bond motifs is 1. The predicted octanol–water partition coefficient (Wildman–Crippen LogP) is 6.78. The van der Waals surface area contributed by atoms with E-state index in [1.165, 1.54) is 6.07 Å². The van der Waals surface area contributed by atoms with Gasteiger partial charge in [-0.2, -0.15) is 0 Å². The molecule has 0 amide bonds. The van der Waals surface area contributed by atoms with E-state index in [2.05, 4.69) is 29.0 Å². The second-order valence-corrected chi connectivity index (χ2v) is 8.26. The molecule has 0 fully saturated rings. The molecule has 3 nitrogen and oxygen atoms in total. The van der Waals surface area contributed by atoms with Crippen LogP contribution in [0.3, 0.4) is 0 Å². The number of nitrogens with zero attached hydrogens (tertiary/aromatic N) is 2. The van der Waals surface area contributed by atoms with E-state index in [0.717, 1.165) is 49.0 Å². The highest BCUT2D eigenvalue weighted by Crippen LogP contribution is 2.35. The van der Waals surface area contributed by atoms with Gasteiger partial charge in [0.15, 0.2) is 0 Å². The van der Waals surface area contributed by atoms with E-state index < -0.39 is 0 Å². The van der Waals surface area contributed by atoms with Crippen LogP contribution in [-0.2, 0) is 0 Å². The number of hydrogen-bond donors (Lipinski definition) is 1. The Morgan fingerprint density at radius 3 is 2.66 bits per heavy atom. The van der Waals surface area contributed by atoms with Crippen LogP contribution < -0.4 is 0 Å². The van der Waals surface area contributed by atoms with Gasteiger partial charge in [0.25, 0.3) is 0 Å². The summed E-state index contributed by atoms with van der Waals surface area (Å²) >= 11 is 1.64. The lowest BCUT2D eigenvalue weighted by Crippen LogP contribution is -1.88. The highest BCUT2D eigenvalue weighted by molar-refractivity contribution is 7.15. The monoisotopic (exact) mass is 399 g/mol. The number of halogens is 1. The van der Waals surface area contributed by atoms with Crippen LogP contribution in [0.2, 0.25) is 0 Å². The van der Waals surface area contributed by atoms with Gasteiger partial charge in [0.2, 0.25) is 0 Å². The molecule has 3 aromatic heterocycles. The zero-order chi connectivity index (χ0) is 20.0. The first-order chi connectivity index (χ1) is 14.1. The van der Waals surface area contributed by atoms with Crippen LogP contribution in [0.1, 0.15) is 10.4 Å². The van der Waals surface area contributed by atoms with Crippen molar-refractivity contribution in [2.24, 2.45) is 0 Å². The molecule has 1 N–H and O–H groups in total. The molecule has 0 spiro atoms. The molecule has 5 rings (SSSR count). The van der Waals surface area contributed by atoms with Gasteiger partial charge in [-0.05, 0) is 55.8 Å². The lowest BCUT2D eigenvalue weighted by Gasteiger charge is -2.04. The first-order valence-electron chi connectivity index (χ1n) is 9.37. The average Bonchev–Trinajstić information content (AvgIpc) is 3.31. The largest absolute Gasteiger partial charge is 0.354 e. The molecule has 0 unspecified atom stereocenters. The highest BCUT2D eigenvalue weighted by Gasteiger charge is 2.15. The minimum Gasteiger partial charge on any atom is -0.354 e. The summed E-state index contributed by atoms with van der Waals surface area (Å²) in [6, 6.07) is 19.2. The molecule has 0 aliphatic carbocycles. The van der Waals surface area contributed by atoms with Crippen molar-refractivity contribution in [1.29, 1.82) is 0 Å².